The Kier molecular flexibility index (Phi) is 6.26. The number of imide groups is 1. The van der Waals surface area contributed by atoms with E-state index in [-0.39, 0.29) is 5.02 Å². The van der Waals surface area contributed by atoms with Crippen LogP contribution in [0.5, 0.6) is 11.5 Å². The first-order valence-electron chi connectivity index (χ1n) is 9.99. The van der Waals surface area contributed by atoms with Crippen LogP contribution in [0.15, 0.2) is 72.8 Å². The molecule has 0 radical (unpaired) electrons. The van der Waals surface area contributed by atoms with Gasteiger partial charge in [0.25, 0.3) is 5.91 Å². The molecule has 3 aromatic carbocycles. The second-order valence-corrected chi connectivity index (χ2v) is 8.38. The highest BCUT2D eigenvalue weighted by Crippen LogP contribution is 2.33. The number of carbonyl (C=O) groups is 3. The summed E-state index contributed by atoms with van der Waals surface area (Å²) in [6.45, 7) is 1.11. The van der Waals surface area contributed by atoms with Gasteiger partial charge >= 0.3 is 6.03 Å². The van der Waals surface area contributed by atoms with Gasteiger partial charge in [-0.1, -0.05) is 47.5 Å². The Morgan fingerprint density at radius 3 is 2.30 bits per heavy atom. The number of rotatable bonds is 6. The summed E-state index contributed by atoms with van der Waals surface area (Å²) in [5.74, 6) is 0.213. The number of nitrogens with one attached hydrogen (secondary N) is 2. The molecule has 0 bridgehead atoms. The zero-order valence-electron chi connectivity index (χ0n) is 17.5. The fourth-order valence-electron chi connectivity index (χ4n) is 3.42. The molecule has 1 aliphatic heterocycles. The first kappa shape index (κ1) is 22.6. The van der Waals surface area contributed by atoms with Gasteiger partial charge in [-0.3, -0.25) is 14.5 Å². The van der Waals surface area contributed by atoms with Gasteiger partial charge in [0.2, 0.25) is 5.91 Å². The summed E-state index contributed by atoms with van der Waals surface area (Å²) in [5, 5.41) is 5.90. The van der Waals surface area contributed by atoms with E-state index >= 15 is 0 Å². The molecule has 0 aromatic heterocycles. The summed E-state index contributed by atoms with van der Waals surface area (Å²) in [5.41, 5.74) is -0.394. The van der Waals surface area contributed by atoms with Crippen molar-refractivity contribution >= 4 is 46.7 Å². The number of ether oxygens (including phenoxy) is 1. The highest BCUT2D eigenvalue weighted by molar-refractivity contribution is 6.42. The lowest BCUT2D eigenvalue weighted by molar-refractivity contribution is -0.133. The van der Waals surface area contributed by atoms with Crippen molar-refractivity contribution < 1.29 is 19.1 Å². The summed E-state index contributed by atoms with van der Waals surface area (Å²) in [6, 6.07) is 20.0. The van der Waals surface area contributed by atoms with Crippen molar-refractivity contribution in [2.24, 2.45) is 0 Å². The van der Waals surface area contributed by atoms with Crippen LogP contribution in [0.4, 0.5) is 10.5 Å². The molecule has 7 nitrogen and oxygen atoms in total. The normalized spacial score (nSPS) is 17.6. The van der Waals surface area contributed by atoms with Crippen LogP contribution in [-0.2, 0) is 15.1 Å². The maximum Gasteiger partial charge on any atom is 0.325 e. The molecule has 4 amide bonds. The molecule has 0 spiro atoms. The number of anilines is 1. The third-order valence-corrected chi connectivity index (χ3v) is 5.93. The SMILES string of the molecule is CC1(c2ccc(Cl)c(Cl)c2)NC(=O)N(CC(=O)Nc2ccc(Oc3ccccc3)cc2)C1=O. The van der Waals surface area contributed by atoms with E-state index in [1.165, 1.54) is 6.07 Å². The Hall–Kier alpha value is -3.55. The van der Waals surface area contributed by atoms with Crippen LogP contribution >= 0.6 is 23.2 Å². The van der Waals surface area contributed by atoms with Crippen molar-refractivity contribution in [3.63, 3.8) is 0 Å². The van der Waals surface area contributed by atoms with Crippen molar-refractivity contribution in [3.05, 3.63) is 88.4 Å². The van der Waals surface area contributed by atoms with Gasteiger partial charge < -0.3 is 15.4 Å². The second-order valence-electron chi connectivity index (χ2n) is 7.56. The zero-order valence-corrected chi connectivity index (χ0v) is 19.0. The van der Waals surface area contributed by atoms with Gasteiger partial charge in [-0.25, -0.2) is 4.79 Å². The summed E-state index contributed by atoms with van der Waals surface area (Å²) < 4.78 is 5.72. The van der Waals surface area contributed by atoms with Crippen molar-refractivity contribution in [1.29, 1.82) is 0 Å². The third-order valence-electron chi connectivity index (χ3n) is 5.19. The van der Waals surface area contributed by atoms with E-state index in [2.05, 4.69) is 10.6 Å². The van der Waals surface area contributed by atoms with E-state index in [4.69, 9.17) is 27.9 Å². The number of amides is 4. The first-order chi connectivity index (χ1) is 15.8. The minimum absolute atomic E-state index is 0.258. The smallest absolute Gasteiger partial charge is 0.325 e. The Balaban J connectivity index is 1.40. The van der Waals surface area contributed by atoms with Gasteiger partial charge in [-0.05, 0) is 61.0 Å². The van der Waals surface area contributed by atoms with E-state index in [0.717, 1.165) is 4.90 Å². The van der Waals surface area contributed by atoms with Crippen molar-refractivity contribution in [1.82, 2.24) is 10.2 Å². The topological polar surface area (TPSA) is 87.7 Å². The maximum atomic E-state index is 13.0. The second kappa shape index (κ2) is 9.13. The monoisotopic (exact) mass is 483 g/mol. The molecular formula is C24H19Cl2N3O4. The predicted octanol–water partition coefficient (Wildman–Crippen LogP) is 5.19. The predicted molar refractivity (Wildman–Crippen MR) is 126 cm³/mol. The van der Waals surface area contributed by atoms with Gasteiger partial charge in [-0.2, -0.15) is 0 Å². The van der Waals surface area contributed by atoms with Crippen LogP contribution in [0.1, 0.15) is 12.5 Å². The number of hydrogen-bond acceptors (Lipinski definition) is 4. The molecule has 2 N–H and O–H groups in total. The number of urea groups is 1. The summed E-state index contributed by atoms with van der Waals surface area (Å²) in [4.78, 5) is 38.9. The molecule has 168 valence electrons. The highest BCUT2D eigenvalue weighted by Gasteiger charge is 2.49. The number of nitrogens with zero attached hydrogens (tertiary/aromatic N) is 1. The molecule has 4 rings (SSSR count). The maximum absolute atomic E-state index is 13.0. The number of benzene rings is 3. The number of halogens is 2. The zero-order chi connectivity index (χ0) is 23.6. The molecule has 1 saturated heterocycles. The standard InChI is InChI=1S/C24H19Cl2N3O4/c1-24(15-7-12-19(25)20(26)13-15)22(31)29(23(32)28-24)14-21(30)27-16-8-10-18(11-9-16)33-17-5-3-2-4-6-17/h2-13H,14H2,1H3,(H,27,30)(H,28,32). The minimum Gasteiger partial charge on any atom is -0.457 e. The third kappa shape index (κ3) is 4.79. The number of para-hydroxylation sites is 1. The quantitative estimate of drug-likeness (QED) is 0.472. The van der Waals surface area contributed by atoms with Crippen LogP contribution in [0.3, 0.4) is 0 Å². The largest absolute Gasteiger partial charge is 0.457 e. The average Bonchev–Trinajstić information content (AvgIpc) is 3.01. The summed E-state index contributed by atoms with van der Waals surface area (Å²) in [7, 11) is 0. The molecule has 0 aliphatic carbocycles. The lowest BCUT2D eigenvalue weighted by Gasteiger charge is -2.22. The molecule has 1 fully saturated rings. The van der Waals surface area contributed by atoms with Crippen LogP contribution < -0.4 is 15.4 Å². The van der Waals surface area contributed by atoms with E-state index in [1.54, 1.807) is 43.3 Å². The van der Waals surface area contributed by atoms with Crippen LogP contribution in [0.25, 0.3) is 0 Å². The minimum atomic E-state index is -1.36. The molecule has 1 aliphatic rings. The Morgan fingerprint density at radius 1 is 0.970 bits per heavy atom. The van der Waals surface area contributed by atoms with E-state index < -0.39 is 29.9 Å². The van der Waals surface area contributed by atoms with Crippen LogP contribution in [0.2, 0.25) is 10.0 Å². The van der Waals surface area contributed by atoms with Crippen molar-refractivity contribution in [2.45, 2.75) is 12.5 Å². The molecule has 1 heterocycles. The average molecular weight is 484 g/mol. The molecule has 33 heavy (non-hydrogen) atoms. The highest BCUT2D eigenvalue weighted by atomic mass is 35.5. The van der Waals surface area contributed by atoms with E-state index in [0.29, 0.717) is 27.8 Å². The lowest BCUT2D eigenvalue weighted by atomic mass is 9.92. The fourth-order valence-corrected chi connectivity index (χ4v) is 3.72. The molecular weight excluding hydrogens is 465 g/mol. The van der Waals surface area contributed by atoms with Gasteiger partial charge in [0, 0.05) is 5.69 Å². The summed E-state index contributed by atoms with van der Waals surface area (Å²) in [6.07, 6.45) is 0. The Labute approximate surface area is 200 Å². The van der Waals surface area contributed by atoms with E-state index in [1.807, 2.05) is 30.3 Å². The lowest BCUT2D eigenvalue weighted by Crippen LogP contribution is -2.42. The Morgan fingerprint density at radius 2 is 1.64 bits per heavy atom. The van der Waals surface area contributed by atoms with Crippen molar-refractivity contribution in [2.75, 3.05) is 11.9 Å². The Bertz CT molecular complexity index is 1220. The molecule has 3 aromatic rings. The number of carbonyl (C=O) groups excluding carboxylic acids is 3. The fraction of sp³-hybridized carbons (Fsp3) is 0.125. The summed E-state index contributed by atoms with van der Waals surface area (Å²) >= 11 is 12.0. The molecule has 9 heteroatoms. The van der Waals surface area contributed by atoms with E-state index in [9.17, 15) is 14.4 Å². The van der Waals surface area contributed by atoms with Gasteiger partial charge in [-0.15, -0.1) is 0 Å². The molecule has 1 atom stereocenters. The van der Waals surface area contributed by atoms with Crippen LogP contribution in [-0.4, -0.2) is 29.3 Å². The van der Waals surface area contributed by atoms with Gasteiger partial charge in [0.05, 0.1) is 10.0 Å². The van der Waals surface area contributed by atoms with Gasteiger partial charge in [0.1, 0.15) is 23.6 Å². The number of hydrogen-bond donors (Lipinski definition) is 2. The van der Waals surface area contributed by atoms with Crippen LogP contribution in [0, 0.1) is 0 Å². The first-order valence-corrected chi connectivity index (χ1v) is 10.7. The molecule has 0 saturated carbocycles. The van der Waals surface area contributed by atoms with Gasteiger partial charge in [0.15, 0.2) is 0 Å². The molecule has 1 unspecified atom stereocenters. The van der Waals surface area contributed by atoms with Crippen molar-refractivity contribution in [3.8, 4) is 11.5 Å².